The first-order valence-electron chi connectivity index (χ1n) is 9.07. The van der Waals surface area contributed by atoms with E-state index in [0.717, 1.165) is 31.4 Å². The molecule has 0 radical (unpaired) electrons. The summed E-state index contributed by atoms with van der Waals surface area (Å²) < 4.78 is 20.8. The van der Waals surface area contributed by atoms with Crippen molar-refractivity contribution >= 4 is 22.5 Å². The summed E-state index contributed by atoms with van der Waals surface area (Å²) in [6.07, 6.45) is 6.94. The highest BCUT2D eigenvalue weighted by atomic mass is 19.1. The van der Waals surface area contributed by atoms with Crippen LogP contribution in [0, 0.1) is 5.82 Å². The molecule has 140 valence electrons. The molecule has 0 atom stereocenters. The van der Waals surface area contributed by atoms with Crippen LogP contribution in [0.3, 0.4) is 0 Å². The normalized spacial score (nSPS) is 19.9. The van der Waals surface area contributed by atoms with Gasteiger partial charge >= 0.3 is 0 Å². The van der Waals surface area contributed by atoms with Crippen LogP contribution in [-0.2, 0) is 4.74 Å². The zero-order chi connectivity index (χ0) is 18.8. The van der Waals surface area contributed by atoms with Crippen LogP contribution in [0.15, 0.2) is 47.5 Å². The molecule has 2 heterocycles. The van der Waals surface area contributed by atoms with Crippen molar-refractivity contribution in [3.8, 4) is 0 Å². The highest BCUT2D eigenvalue weighted by molar-refractivity contribution is 5.79. The Morgan fingerprint density at radius 2 is 2.04 bits per heavy atom. The Kier molecular flexibility index (Phi) is 4.85. The molecule has 4 rings (SSSR count). The molecule has 1 aliphatic carbocycles. The van der Waals surface area contributed by atoms with Crippen molar-refractivity contribution in [3.05, 3.63) is 58.9 Å². The molecule has 1 aliphatic rings. The van der Waals surface area contributed by atoms with Gasteiger partial charge in [-0.05, 0) is 56.0 Å². The molecule has 0 bridgehead atoms. The fraction of sp³-hybridized carbons (Fsp3) is 0.350. The molecule has 0 saturated heterocycles. The van der Waals surface area contributed by atoms with Crippen LogP contribution in [0.25, 0.3) is 10.9 Å². The van der Waals surface area contributed by atoms with E-state index in [1.54, 1.807) is 24.1 Å². The maximum atomic E-state index is 13.7. The summed E-state index contributed by atoms with van der Waals surface area (Å²) in [7, 11) is 1.72. The minimum Gasteiger partial charge on any atom is -0.381 e. The summed E-state index contributed by atoms with van der Waals surface area (Å²) in [5, 5.41) is 3.50. The Hall–Kier alpha value is -2.80. The predicted molar refractivity (Wildman–Crippen MR) is 102 cm³/mol. The number of aromatic nitrogens is 3. The molecule has 6 nitrogen and oxygen atoms in total. The van der Waals surface area contributed by atoms with Crippen molar-refractivity contribution in [1.82, 2.24) is 14.5 Å². The summed E-state index contributed by atoms with van der Waals surface area (Å²) in [5.41, 5.74) is 0.978. The summed E-state index contributed by atoms with van der Waals surface area (Å²) in [4.78, 5) is 21.9. The van der Waals surface area contributed by atoms with Crippen molar-refractivity contribution in [2.45, 2.75) is 37.8 Å². The molecule has 0 aliphatic heterocycles. The first kappa shape index (κ1) is 17.6. The first-order valence-corrected chi connectivity index (χ1v) is 9.07. The fourth-order valence-corrected chi connectivity index (χ4v) is 3.70. The van der Waals surface area contributed by atoms with Gasteiger partial charge < -0.3 is 10.1 Å². The van der Waals surface area contributed by atoms with Crippen molar-refractivity contribution in [2.24, 2.45) is 0 Å². The number of nitrogens with zero attached hydrogens (tertiary/aromatic N) is 3. The number of nitrogens with one attached hydrogen (secondary N) is 1. The van der Waals surface area contributed by atoms with Crippen LogP contribution in [0.5, 0.6) is 0 Å². The number of anilines is 2. The molecular formula is C20H21FN4O2. The average molecular weight is 368 g/mol. The third-order valence-electron chi connectivity index (χ3n) is 5.12. The lowest BCUT2D eigenvalue weighted by molar-refractivity contribution is 0.0582. The van der Waals surface area contributed by atoms with Gasteiger partial charge in [0.1, 0.15) is 5.82 Å². The topological polar surface area (TPSA) is 69.0 Å². The van der Waals surface area contributed by atoms with E-state index in [9.17, 15) is 9.18 Å². The van der Waals surface area contributed by atoms with Gasteiger partial charge in [0.25, 0.3) is 5.56 Å². The van der Waals surface area contributed by atoms with Gasteiger partial charge in [0.2, 0.25) is 5.95 Å². The molecular weight excluding hydrogens is 347 g/mol. The molecule has 27 heavy (non-hydrogen) atoms. The number of benzene rings is 1. The van der Waals surface area contributed by atoms with Crippen LogP contribution in [0.1, 0.15) is 31.7 Å². The molecule has 3 aromatic rings. The molecule has 1 N–H and O–H groups in total. The standard InChI is InChI=1S/C20H21FN4O2/c1-27-16-7-5-15(6-8-16)25-19(26)17-11-13(21)4-9-18(17)24-20(25)23-14-3-2-10-22-12-14/h2-4,9-12,15-16H,5-8H2,1H3,(H,23,24)/t15-,16-. The Morgan fingerprint density at radius 1 is 1.22 bits per heavy atom. The lowest BCUT2D eigenvalue weighted by Crippen LogP contribution is -2.32. The van der Waals surface area contributed by atoms with Crippen molar-refractivity contribution in [1.29, 1.82) is 0 Å². The lowest BCUT2D eigenvalue weighted by atomic mass is 9.92. The lowest BCUT2D eigenvalue weighted by Gasteiger charge is -2.30. The Labute approximate surface area is 156 Å². The van der Waals surface area contributed by atoms with E-state index in [-0.39, 0.29) is 17.7 Å². The molecule has 1 aromatic carbocycles. The SMILES string of the molecule is CO[C@H]1CC[C@H](n2c(Nc3cccnc3)nc3ccc(F)cc3c2=O)CC1. The number of fused-ring (bicyclic) bond motifs is 1. The number of methoxy groups -OCH3 is 1. The second-order valence-corrected chi connectivity index (χ2v) is 6.80. The van der Waals surface area contributed by atoms with Gasteiger partial charge in [0.15, 0.2) is 0 Å². The predicted octanol–water partition coefficient (Wildman–Crippen LogP) is 3.80. The average Bonchev–Trinajstić information content (AvgIpc) is 2.70. The Balaban J connectivity index is 1.81. The third kappa shape index (κ3) is 3.55. The van der Waals surface area contributed by atoms with Gasteiger partial charge in [0, 0.05) is 19.3 Å². The van der Waals surface area contributed by atoms with Gasteiger partial charge in [0.05, 0.1) is 28.9 Å². The number of hydrogen-bond acceptors (Lipinski definition) is 5. The van der Waals surface area contributed by atoms with E-state index < -0.39 is 5.82 Å². The van der Waals surface area contributed by atoms with Crippen molar-refractivity contribution in [3.63, 3.8) is 0 Å². The number of rotatable bonds is 4. The first-order chi connectivity index (χ1) is 13.2. The minimum atomic E-state index is -0.441. The second kappa shape index (κ2) is 7.44. The van der Waals surface area contributed by atoms with Crippen LogP contribution < -0.4 is 10.9 Å². The Morgan fingerprint density at radius 3 is 2.74 bits per heavy atom. The quantitative estimate of drug-likeness (QED) is 0.758. The molecule has 1 fully saturated rings. The zero-order valence-corrected chi connectivity index (χ0v) is 15.1. The monoisotopic (exact) mass is 368 g/mol. The molecule has 0 spiro atoms. The number of pyridine rings is 1. The van der Waals surface area contributed by atoms with Gasteiger partial charge in [-0.1, -0.05) is 0 Å². The third-order valence-corrected chi connectivity index (χ3v) is 5.12. The number of ether oxygens (including phenoxy) is 1. The van der Waals surface area contributed by atoms with E-state index in [1.807, 2.05) is 12.1 Å². The summed E-state index contributed by atoms with van der Waals surface area (Å²) >= 11 is 0. The van der Waals surface area contributed by atoms with E-state index in [2.05, 4.69) is 15.3 Å². The van der Waals surface area contributed by atoms with Gasteiger partial charge in [-0.3, -0.25) is 14.3 Å². The number of hydrogen-bond donors (Lipinski definition) is 1. The highest BCUT2D eigenvalue weighted by Crippen LogP contribution is 2.31. The molecule has 7 heteroatoms. The maximum absolute atomic E-state index is 13.7. The smallest absolute Gasteiger partial charge is 0.263 e. The summed E-state index contributed by atoms with van der Waals surface area (Å²) in [6, 6.07) is 7.77. The van der Waals surface area contributed by atoms with E-state index >= 15 is 0 Å². The largest absolute Gasteiger partial charge is 0.381 e. The number of halogens is 1. The Bertz CT molecular complexity index is 998. The van der Waals surface area contributed by atoms with Crippen LogP contribution in [0.4, 0.5) is 16.0 Å². The molecule has 0 amide bonds. The van der Waals surface area contributed by atoms with Crippen LogP contribution >= 0.6 is 0 Å². The summed E-state index contributed by atoms with van der Waals surface area (Å²) in [5.74, 6) is 0.0111. The summed E-state index contributed by atoms with van der Waals surface area (Å²) in [6.45, 7) is 0. The van der Waals surface area contributed by atoms with E-state index in [4.69, 9.17) is 4.74 Å². The molecule has 1 saturated carbocycles. The minimum absolute atomic E-state index is 0.0109. The molecule has 2 aromatic heterocycles. The van der Waals surface area contributed by atoms with Gasteiger partial charge in [-0.15, -0.1) is 0 Å². The van der Waals surface area contributed by atoms with Crippen LogP contribution in [-0.4, -0.2) is 27.7 Å². The van der Waals surface area contributed by atoms with Crippen molar-refractivity contribution < 1.29 is 9.13 Å². The zero-order valence-electron chi connectivity index (χ0n) is 15.1. The molecule has 0 unspecified atom stereocenters. The van der Waals surface area contributed by atoms with Gasteiger partial charge in [-0.2, -0.15) is 0 Å². The fourth-order valence-electron chi connectivity index (χ4n) is 3.70. The second-order valence-electron chi connectivity index (χ2n) is 6.80. The van der Waals surface area contributed by atoms with Gasteiger partial charge in [-0.25, -0.2) is 9.37 Å². The highest BCUT2D eigenvalue weighted by Gasteiger charge is 2.26. The van der Waals surface area contributed by atoms with E-state index in [1.165, 1.54) is 18.2 Å². The van der Waals surface area contributed by atoms with Crippen LogP contribution in [0.2, 0.25) is 0 Å². The maximum Gasteiger partial charge on any atom is 0.263 e. The van der Waals surface area contributed by atoms with Crippen molar-refractivity contribution in [2.75, 3.05) is 12.4 Å². The van der Waals surface area contributed by atoms with E-state index in [0.29, 0.717) is 16.9 Å².